The maximum atomic E-state index is 13.7. The molecule has 0 radical (unpaired) electrons. The summed E-state index contributed by atoms with van der Waals surface area (Å²) in [6.07, 6.45) is -4.90. The van der Waals surface area contributed by atoms with Gasteiger partial charge < -0.3 is 15.0 Å². The second-order valence-electron chi connectivity index (χ2n) is 9.39. The lowest BCUT2D eigenvalue weighted by atomic mass is 10.0. The van der Waals surface area contributed by atoms with Gasteiger partial charge in [-0.05, 0) is 57.2 Å². The van der Waals surface area contributed by atoms with Crippen LogP contribution in [0.2, 0.25) is 5.02 Å². The molecule has 3 atom stereocenters. The quantitative estimate of drug-likeness (QED) is 0.492. The smallest absolute Gasteiger partial charge is 0.403 e. The van der Waals surface area contributed by atoms with Crippen LogP contribution in [0.3, 0.4) is 0 Å². The molecule has 1 aliphatic heterocycles. The molecule has 1 aromatic rings. The molecule has 0 unspecified atom stereocenters. The van der Waals surface area contributed by atoms with Gasteiger partial charge in [-0.3, -0.25) is 9.59 Å². The van der Waals surface area contributed by atoms with Crippen molar-refractivity contribution in [1.82, 2.24) is 10.2 Å². The van der Waals surface area contributed by atoms with E-state index in [2.05, 4.69) is 5.32 Å². The summed E-state index contributed by atoms with van der Waals surface area (Å²) in [5, 5.41) is 11.8. The maximum Gasteiger partial charge on any atom is 0.403 e. The molecule has 35 heavy (non-hydrogen) atoms. The van der Waals surface area contributed by atoms with Crippen LogP contribution in [0.1, 0.15) is 39.0 Å². The lowest BCUT2D eigenvalue weighted by Gasteiger charge is -2.29. The fourth-order valence-corrected chi connectivity index (χ4v) is 5.67. The van der Waals surface area contributed by atoms with Gasteiger partial charge in [0.05, 0.1) is 11.1 Å². The SMILES string of the molecule is C[C@@H](CF)Oc1ccc(S[C@@H]2C[C@@H](C(=O)NC3(C#N)CC3)N(C(=O)C3(C(F)(F)F)CC3)C2)c(Cl)c1. The van der Waals surface area contributed by atoms with E-state index < -0.39 is 53.0 Å². The molecule has 190 valence electrons. The highest BCUT2D eigenvalue weighted by atomic mass is 35.5. The maximum absolute atomic E-state index is 13.7. The monoisotopic (exact) mass is 533 g/mol. The Balaban J connectivity index is 1.52. The Labute approximate surface area is 209 Å². The minimum Gasteiger partial charge on any atom is -0.488 e. The van der Waals surface area contributed by atoms with E-state index in [0.29, 0.717) is 28.5 Å². The average Bonchev–Trinajstić information content (AvgIpc) is 3.72. The number of hydrogen-bond donors (Lipinski definition) is 1. The third-order valence-electron chi connectivity index (χ3n) is 6.61. The number of likely N-dealkylation sites (tertiary alicyclic amines) is 1. The number of nitrogens with one attached hydrogen (secondary N) is 1. The van der Waals surface area contributed by atoms with E-state index in [-0.39, 0.29) is 25.8 Å². The summed E-state index contributed by atoms with van der Waals surface area (Å²) in [4.78, 5) is 27.7. The van der Waals surface area contributed by atoms with E-state index in [0.717, 1.165) is 4.90 Å². The number of ether oxygens (including phenoxy) is 1. The Morgan fingerprint density at radius 2 is 2.03 bits per heavy atom. The predicted octanol–water partition coefficient (Wildman–Crippen LogP) is 4.65. The molecular formula is C23H24ClF4N3O3S. The largest absolute Gasteiger partial charge is 0.488 e. The summed E-state index contributed by atoms with van der Waals surface area (Å²) in [5.74, 6) is -1.34. The minimum absolute atomic E-state index is 0.0631. The van der Waals surface area contributed by atoms with E-state index in [4.69, 9.17) is 16.3 Å². The lowest BCUT2D eigenvalue weighted by Crippen LogP contribution is -2.53. The second kappa shape index (κ2) is 9.36. The van der Waals surface area contributed by atoms with E-state index in [1.54, 1.807) is 19.1 Å². The van der Waals surface area contributed by atoms with Gasteiger partial charge in [-0.25, -0.2) is 4.39 Å². The molecule has 12 heteroatoms. The lowest BCUT2D eigenvalue weighted by molar-refractivity contribution is -0.199. The number of thioether (sulfide) groups is 1. The number of nitriles is 1. The second-order valence-corrected chi connectivity index (χ2v) is 11.1. The van der Waals surface area contributed by atoms with Crippen molar-refractivity contribution < 1.29 is 31.9 Å². The Morgan fingerprint density at radius 1 is 1.34 bits per heavy atom. The number of alkyl halides is 4. The van der Waals surface area contributed by atoms with Crippen molar-refractivity contribution in [2.45, 2.75) is 73.0 Å². The van der Waals surface area contributed by atoms with Crippen LogP contribution in [0.15, 0.2) is 23.1 Å². The van der Waals surface area contributed by atoms with Crippen molar-refractivity contribution >= 4 is 35.2 Å². The number of nitrogens with zero attached hydrogens (tertiary/aromatic N) is 2. The third kappa shape index (κ3) is 5.19. The van der Waals surface area contributed by atoms with Gasteiger partial charge in [0, 0.05) is 16.7 Å². The minimum atomic E-state index is -4.70. The fraction of sp³-hybridized carbons (Fsp3) is 0.609. The molecule has 1 saturated heterocycles. The van der Waals surface area contributed by atoms with E-state index in [1.165, 1.54) is 17.8 Å². The molecule has 2 saturated carbocycles. The first kappa shape index (κ1) is 25.9. The molecule has 1 aromatic carbocycles. The zero-order valence-corrected chi connectivity index (χ0v) is 20.4. The number of rotatable bonds is 8. The molecule has 2 aliphatic carbocycles. The topological polar surface area (TPSA) is 82.4 Å². The van der Waals surface area contributed by atoms with E-state index >= 15 is 0 Å². The summed E-state index contributed by atoms with van der Waals surface area (Å²) in [6.45, 7) is 0.833. The van der Waals surface area contributed by atoms with Crippen molar-refractivity contribution in [1.29, 1.82) is 5.26 Å². The van der Waals surface area contributed by atoms with Gasteiger partial charge in [0.2, 0.25) is 11.8 Å². The van der Waals surface area contributed by atoms with Crippen LogP contribution >= 0.6 is 23.4 Å². The average molecular weight is 534 g/mol. The summed E-state index contributed by atoms with van der Waals surface area (Å²) < 4.78 is 59.1. The van der Waals surface area contributed by atoms with Gasteiger partial charge in [-0.1, -0.05) is 11.6 Å². The highest BCUT2D eigenvalue weighted by molar-refractivity contribution is 8.00. The van der Waals surface area contributed by atoms with Crippen molar-refractivity contribution in [3.05, 3.63) is 23.2 Å². The zero-order chi connectivity index (χ0) is 25.6. The number of carbonyl (C=O) groups is 2. The standard InChI is InChI=1S/C23H24ClF4N3O3S/c1-13(10-25)34-14-2-3-18(16(24)8-14)35-15-9-17(19(32)30-21(12-29)4-5-21)31(11-15)20(33)22(6-7-22)23(26,27)28/h2-3,8,13,15,17H,4-7,9-11H2,1H3,(H,30,32)/t13-,15+,17-/m0/s1. The van der Waals surface area contributed by atoms with Gasteiger partial charge in [-0.2, -0.15) is 18.4 Å². The molecule has 6 nitrogen and oxygen atoms in total. The van der Waals surface area contributed by atoms with Crippen molar-refractivity contribution in [2.75, 3.05) is 13.2 Å². The molecule has 3 aliphatic rings. The van der Waals surface area contributed by atoms with Crippen LogP contribution in [0, 0.1) is 16.7 Å². The van der Waals surface area contributed by atoms with E-state index in [1.807, 2.05) is 6.07 Å². The molecule has 1 N–H and O–H groups in total. The molecule has 3 fully saturated rings. The van der Waals surface area contributed by atoms with Crippen LogP contribution in [-0.4, -0.2) is 59.0 Å². The predicted molar refractivity (Wildman–Crippen MR) is 121 cm³/mol. The van der Waals surface area contributed by atoms with Gasteiger partial charge >= 0.3 is 6.18 Å². The number of amides is 2. The summed E-state index contributed by atoms with van der Waals surface area (Å²) in [7, 11) is 0. The highest BCUT2D eigenvalue weighted by Gasteiger charge is 2.70. The van der Waals surface area contributed by atoms with Crippen LogP contribution in [0.25, 0.3) is 0 Å². The number of hydrogen-bond acceptors (Lipinski definition) is 5. The number of benzene rings is 1. The number of halogens is 5. The summed E-state index contributed by atoms with van der Waals surface area (Å²) in [6, 6.07) is 5.69. The van der Waals surface area contributed by atoms with Gasteiger partial charge in [-0.15, -0.1) is 11.8 Å². The summed E-state index contributed by atoms with van der Waals surface area (Å²) in [5.41, 5.74) is -3.45. The number of carbonyl (C=O) groups excluding carboxylic acids is 2. The first-order chi connectivity index (χ1) is 16.4. The summed E-state index contributed by atoms with van der Waals surface area (Å²) >= 11 is 7.60. The van der Waals surface area contributed by atoms with Crippen LogP contribution in [0.5, 0.6) is 5.75 Å². The molecular weight excluding hydrogens is 510 g/mol. The van der Waals surface area contributed by atoms with Crippen LogP contribution in [0.4, 0.5) is 17.6 Å². The van der Waals surface area contributed by atoms with Gasteiger partial charge in [0.15, 0.2) is 0 Å². The van der Waals surface area contributed by atoms with E-state index in [9.17, 15) is 32.4 Å². The third-order valence-corrected chi connectivity index (χ3v) is 8.32. The molecule has 1 heterocycles. The molecule has 0 aromatic heterocycles. The Bertz CT molecular complexity index is 1060. The highest BCUT2D eigenvalue weighted by Crippen LogP contribution is 2.59. The van der Waals surface area contributed by atoms with Gasteiger partial charge in [0.25, 0.3) is 0 Å². The van der Waals surface area contributed by atoms with Crippen molar-refractivity contribution in [3.8, 4) is 11.8 Å². The first-order valence-corrected chi connectivity index (χ1v) is 12.5. The molecule has 0 spiro atoms. The normalized spacial score (nSPS) is 24.9. The van der Waals surface area contributed by atoms with Crippen molar-refractivity contribution in [2.24, 2.45) is 5.41 Å². The Kier molecular flexibility index (Phi) is 6.92. The van der Waals surface area contributed by atoms with Gasteiger partial charge in [0.1, 0.15) is 35.5 Å². The molecule has 0 bridgehead atoms. The fourth-order valence-electron chi connectivity index (χ4n) is 4.18. The Morgan fingerprint density at radius 3 is 2.54 bits per heavy atom. The van der Waals surface area contributed by atoms with Crippen molar-refractivity contribution in [3.63, 3.8) is 0 Å². The first-order valence-electron chi connectivity index (χ1n) is 11.2. The molecule has 4 rings (SSSR count). The van der Waals surface area contributed by atoms with Crippen LogP contribution < -0.4 is 10.1 Å². The zero-order valence-electron chi connectivity index (χ0n) is 18.8. The molecule has 2 amide bonds. The Hall–Kier alpha value is -2.19. The van der Waals surface area contributed by atoms with Crippen LogP contribution in [-0.2, 0) is 9.59 Å².